The van der Waals surface area contributed by atoms with Crippen LogP contribution in [0.5, 0.6) is 0 Å². The van der Waals surface area contributed by atoms with Crippen LogP contribution in [0.1, 0.15) is 204 Å². The fraction of sp³-hybridized carbons (Fsp3) is 0.672. The molecule has 0 aliphatic rings. The maximum atomic E-state index is 11.5. The minimum absolute atomic E-state index is 0.0105. The second-order valence-corrected chi connectivity index (χ2v) is 23.0. The molecule has 2 aromatic heterocycles. The lowest BCUT2D eigenvalue weighted by Gasteiger charge is -2.21. The Morgan fingerprint density at radius 2 is 0.891 bits per heavy atom. The first-order chi connectivity index (χ1) is 46.5. The van der Waals surface area contributed by atoms with Gasteiger partial charge < -0.3 is 68.2 Å². The molecule has 5 N–H and O–H groups in total. The zero-order valence-corrected chi connectivity index (χ0v) is 66.7. The molecule has 0 saturated carbocycles. The first-order valence-corrected chi connectivity index (χ1v) is 31.7. The zero-order valence-electron chi connectivity index (χ0n) is 65.2. The van der Waals surface area contributed by atoms with E-state index in [9.17, 15) is 43.2 Å². The zero-order chi connectivity index (χ0) is 82.3. The molecule has 34 heteroatoms. The van der Waals surface area contributed by atoms with Gasteiger partial charge in [0.25, 0.3) is 5.97 Å². The van der Waals surface area contributed by atoms with Crippen molar-refractivity contribution in [3.63, 3.8) is 0 Å². The van der Waals surface area contributed by atoms with Gasteiger partial charge in [0.05, 0.1) is 103 Å². The van der Waals surface area contributed by atoms with Crippen molar-refractivity contribution in [1.29, 1.82) is 0 Å². The molecule has 0 radical (unpaired) electrons. The van der Waals surface area contributed by atoms with E-state index < -0.39 is 47.5 Å². The molecule has 0 bridgehead atoms. The normalized spacial score (nSPS) is 12.9. The van der Waals surface area contributed by atoms with Crippen molar-refractivity contribution in [3.05, 3.63) is 34.5 Å². The number of amides is 2. The number of carboxylic acids is 2. The third-order valence-electron chi connectivity index (χ3n) is 13.1. The Bertz CT molecular complexity index is 2670. The average molecular weight is 1490 g/mol. The van der Waals surface area contributed by atoms with Gasteiger partial charge in [0, 0.05) is 69.5 Å². The summed E-state index contributed by atoms with van der Waals surface area (Å²) in [5, 5.41) is 56.8. The third-order valence-corrected chi connectivity index (χ3v) is 13.3. The van der Waals surface area contributed by atoms with Crippen LogP contribution in [-0.2, 0) is 86.1 Å². The Morgan fingerprint density at radius 3 is 1.13 bits per heavy atom. The van der Waals surface area contributed by atoms with Gasteiger partial charge in [-0.1, -0.05) is 155 Å². The fourth-order valence-electron chi connectivity index (χ4n) is 5.74. The van der Waals surface area contributed by atoms with Crippen molar-refractivity contribution in [2.75, 3.05) is 63.9 Å². The number of hydroxylamine groups is 4. The number of rotatable bonds is 19. The molecule has 586 valence electrons. The van der Waals surface area contributed by atoms with Crippen LogP contribution >= 0.6 is 23.2 Å². The van der Waals surface area contributed by atoms with E-state index in [1.165, 1.54) is 110 Å². The minimum Gasteiger partial charge on any atom is -0.481 e. The quantitative estimate of drug-likeness (QED) is 0.0166. The highest BCUT2D eigenvalue weighted by Gasteiger charge is 2.30. The van der Waals surface area contributed by atoms with E-state index in [4.69, 9.17) is 78.9 Å². The number of hydrogen-bond acceptors (Lipinski definition) is 28. The van der Waals surface area contributed by atoms with E-state index in [1.54, 1.807) is 48.6 Å². The number of terminal acetylenes is 1. The summed E-state index contributed by atoms with van der Waals surface area (Å²) in [7, 11) is 12.5. The number of aldehydes is 2. The van der Waals surface area contributed by atoms with Gasteiger partial charge in [0.2, 0.25) is 11.8 Å². The fourth-order valence-corrected chi connectivity index (χ4v) is 5.74. The van der Waals surface area contributed by atoms with Gasteiger partial charge in [-0.2, -0.15) is 0 Å². The van der Waals surface area contributed by atoms with E-state index in [0.29, 0.717) is 17.8 Å². The second-order valence-electron chi connectivity index (χ2n) is 21.9. The van der Waals surface area contributed by atoms with E-state index in [1.807, 2.05) is 33.8 Å². The van der Waals surface area contributed by atoms with Crippen LogP contribution < -0.4 is 0 Å². The molecule has 0 aromatic carbocycles. The van der Waals surface area contributed by atoms with Gasteiger partial charge in [-0.25, -0.2) is 10.1 Å². The number of carbonyl (C=O) groups excluding carboxylic acids is 9. The van der Waals surface area contributed by atoms with Crippen LogP contribution in [0.3, 0.4) is 0 Å². The van der Waals surface area contributed by atoms with E-state index in [-0.39, 0.29) is 75.6 Å². The molecule has 2 rings (SSSR count). The maximum absolute atomic E-state index is 11.5. The Labute approximate surface area is 607 Å². The number of nitrogens with zero attached hydrogens (tertiary/aromatic N) is 7. The number of carbonyl (C=O) groups is 11. The third kappa shape index (κ3) is 62.2. The number of aryl methyl sites for hydroxylation is 1. The Hall–Kier alpha value is -8.54. The summed E-state index contributed by atoms with van der Waals surface area (Å²) >= 11 is 9.92. The molecular weight excluding hydrogens is 1370 g/mol. The summed E-state index contributed by atoms with van der Waals surface area (Å²) in [6, 6.07) is 1.84. The minimum atomic E-state index is -0.983. The van der Waals surface area contributed by atoms with Crippen LogP contribution in [0.4, 0.5) is 0 Å². The van der Waals surface area contributed by atoms with E-state index in [0.717, 1.165) is 52.5 Å². The van der Waals surface area contributed by atoms with Crippen molar-refractivity contribution in [2.24, 2.45) is 68.7 Å². The number of aromatic nitrogens is 2. The first kappa shape index (κ1) is 114. The Morgan fingerprint density at radius 1 is 0.554 bits per heavy atom. The number of esters is 5. The maximum Gasteiger partial charge on any atom is 0.309 e. The second kappa shape index (κ2) is 69.9. The van der Waals surface area contributed by atoms with Crippen LogP contribution in [-0.4, -0.2) is 193 Å². The summed E-state index contributed by atoms with van der Waals surface area (Å²) in [5.41, 5.74) is 3.27. The molecule has 0 saturated heterocycles. The summed E-state index contributed by atoms with van der Waals surface area (Å²) in [6.07, 6.45) is 7.91. The summed E-state index contributed by atoms with van der Waals surface area (Å²) in [4.78, 5) is 124. The smallest absolute Gasteiger partial charge is 0.309 e. The molecular formula is C67H119Cl2N7O25. The summed E-state index contributed by atoms with van der Waals surface area (Å²) in [6.45, 7) is 40.4. The lowest BCUT2D eigenvalue weighted by Crippen LogP contribution is -2.36. The standard InChI is InChI=1S/C12H21NO.C10H15NO3.C9H17NO4.C8H12O2.C7H12O4.C7H12O3.C4H9NO2.2C2H4ClNO.C2H5NO.C2H4O2.C2H4O/c1-7(2)10-11(8(3)4)13-14-12(10)9(5)6;1-6-5-9(14-11-6)7(2)8(3)10(12)13-4;1-6(7(2)9(12)13-4)8(11)10(3)14-5;1-5-6(2)7(3)8(9)10-4;1-4(6(8)9)5(2)7(10)11-3;1-5(4-8)6(2)7(9)10-3;1-4(6)5(2)7-3;2*1-2(3)4-5;1-2-3-4;1-2(3)4;1-2-3/h7-9H,1-6H3;5,7-8H,1-4H3;6-7H,1-5H3;1,6-7H,2-4H3;4-5H,1-3H3,(H,8,9);4-6H,1-3H3;1-3H3;2*5H,1H3;2,4H,1H3;1H3,(H,3,4);2H,1H3/b;;;;;;;2*4-2-;3-2+;;. The highest BCUT2D eigenvalue weighted by Crippen LogP contribution is 2.33. The molecule has 2 heterocycles. The molecule has 10 unspecified atom stereocenters. The van der Waals surface area contributed by atoms with E-state index >= 15 is 0 Å². The molecule has 0 aliphatic heterocycles. The Balaban J connectivity index is -0.000000115. The van der Waals surface area contributed by atoms with Crippen LogP contribution in [0.25, 0.3) is 0 Å². The van der Waals surface area contributed by atoms with Gasteiger partial charge in [-0.3, -0.25) is 52.8 Å². The van der Waals surface area contributed by atoms with Gasteiger partial charge in [0.15, 0.2) is 0 Å². The van der Waals surface area contributed by atoms with Crippen molar-refractivity contribution in [1.82, 2.24) is 20.4 Å². The van der Waals surface area contributed by atoms with Gasteiger partial charge in [0.1, 0.15) is 34.4 Å². The molecule has 32 nitrogen and oxygen atoms in total. The highest BCUT2D eigenvalue weighted by molar-refractivity contribution is 6.64. The number of methoxy groups -OCH3 is 5. The number of hydrogen-bond donors (Lipinski definition) is 5. The number of oxime groups is 3. The summed E-state index contributed by atoms with van der Waals surface area (Å²) in [5.74, 6) is -1.47. The molecule has 0 aliphatic carbocycles. The SMILES string of the molecule is C#CC(C)C(C)C(=O)OC.C/C(Cl)=N/O.C/C(Cl)=N/O.C/C=N/O.CC(=O)O.CC(C)c1noc(C(C)C)c1C(C)C.CC=O.COC(=O)C(C)C(C)C(=O)N(C)OC.COC(=O)C(C)C(C)C(=O)O.COC(=O)C(C)C(C)C=O.COC(=O)C(C)C(C)c1cc(C)no1.CON(C)C(C)=O. The van der Waals surface area contributed by atoms with E-state index in [2.05, 4.69) is 102 Å². The largest absolute Gasteiger partial charge is 0.481 e. The number of aliphatic carboxylic acids is 2. The monoisotopic (exact) mass is 1490 g/mol. The molecule has 10 atom stereocenters. The van der Waals surface area contributed by atoms with Crippen molar-refractivity contribution < 1.29 is 121 Å². The first-order valence-electron chi connectivity index (χ1n) is 31.0. The van der Waals surface area contributed by atoms with Crippen molar-refractivity contribution >= 4 is 106 Å². The van der Waals surface area contributed by atoms with Gasteiger partial charge in [-0.05, 0) is 46.5 Å². The summed E-state index contributed by atoms with van der Waals surface area (Å²) < 4.78 is 33.0. The van der Waals surface area contributed by atoms with Crippen LogP contribution in [0.15, 0.2) is 30.6 Å². The van der Waals surface area contributed by atoms with Crippen molar-refractivity contribution in [2.45, 2.75) is 183 Å². The number of halogens is 2. The molecule has 2 aromatic rings. The average Bonchev–Trinajstić information content (AvgIpc) is 1.69. The van der Waals surface area contributed by atoms with Gasteiger partial charge >= 0.3 is 35.8 Å². The molecule has 2 amide bonds. The van der Waals surface area contributed by atoms with Crippen LogP contribution in [0, 0.1) is 72.5 Å². The predicted molar refractivity (Wildman–Crippen MR) is 381 cm³/mol. The van der Waals surface area contributed by atoms with Crippen molar-refractivity contribution in [3.8, 4) is 12.3 Å². The highest BCUT2D eigenvalue weighted by atomic mass is 35.5. The van der Waals surface area contributed by atoms with Gasteiger partial charge in [-0.15, -0.1) is 17.5 Å². The van der Waals surface area contributed by atoms with Crippen LogP contribution in [0.2, 0.25) is 0 Å². The lowest BCUT2D eigenvalue weighted by molar-refractivity contribution is -0.176. The number of ether oxygens (including phenoxy) is 5. The molecule has 101 heavy (non-hydrogen) atoms. The molecule has 0 fully saturated rings. The number of carboxylic acid groups (broad SMARTS) is 2. The molecule has 0 spiro atoms. The lowest BCUT2D eigenvalue weighted by atomic mass is 9.92. The Kier molecular flexibility index (Phi) is 78.7. The topological polar surface area (TPSA) is 449 Å². The predicted octanol–water partition coefficient (Wildman–Crippen LogP) is 11.5.